The molecule has 0 N–H and O–H groups in total. The Morgan fingerprint density at radius 1 is 0.480 bits per heavy atom. The molecule has 0 atom stereocenters. The molecule has 0 bridgehead atoms. The number of hydrogen-bond donors (Lipinski definition) is 0. The molecule has 0 saturated carbocycles. The van der Waals surface area contributed by atoms with Gasteiger partial charge in [0.1, 0.15) is 0 Å². The van der Waals surface area contributed by atoms with Gasteiger partial charge in [-0.05, 0) is 0 Å². The molecule has 0 aliphatic carbocycles. The SMILES string of the molecule is C=CCO[O][Ti](=[O])([CH2]C(C)(C)C)([O]OCC=C)([C](=O)CCCCCC(C)(C)C)([C](=O)CCCCCC(C)(C)C)[C](=O)CCCCCC(C)(C)C. The fraction of sp³-hybridized carbons (Fsp3) is 0.829. The minimum absolute atomic E-state index is 0.0919. The molecule has 0 radical (unpaired) electrons. The molecule has 50 heavy (non-hydrogen) atoms. The number of rotatable bonds is 27. The monoisotopic (exact) mass is 747 g/mol. The second-order valence-electron chi connectivity index (χ2n) is 20.2. The molecular weight excluding hydrogens is 668 g/mol. The van der Waals surface area contributed by atoms with Crippen molar-refractivity contribution in [2.75, 3.05) is 13.2 Å². The third kappa shape index (κ3) is 12.5. The van der Waals surface area contributed by atoms with Crippen molar-refractivity contribution in [2.24, 2.45) is 21.7 Å². The molecule has 294 valence electrons. The Balaban J connectivity index is 7.74. The Kier molecular flexibility index (Phi) is 17.4. The van der Waals surface area contributed by atoms with Crippen LogP contribution in [0, 0.1) is 21.7 Å². The van der Waals surface area contributed by atoms with Crippen LogP contribution in [-0.4, -0.2) is 25.5 Å². The van der Waals surface area contributed by atoms with Crippen molar-refractivity contribution < 1.29 is 47.9 Å². The zero-order chi connectivity index (χ0) is 39.1. The molecule has 0 saturated heterocycles. The van der Waals surface area contributed by atoms with Gasteiger partial charge in [0.25, 0.3) is 0 Å². The predicted molar refractivity (Wildman–Crippen MR) is 202 cm³/mol. The van der Waals surface area contributed by atoms with Gasteiger partial charge in [-0.15, -0.1) is 0 Å². The van der Waals surface area contributed by atoms with Crippen LogP contribution in [0.5, 0.6) is 0 Å². The van der Waals surface area contributed by atoms with Gasteiger partial charge in [0.2, 0.25) is 0 Å². The molecule has 0 aromatic carbocycles. The van der Waals surface area contributed by atoms with Crippen molar-refractivity contribution in [3.05, 3.63) is 25.3 Å². The summed E-state index contributed by atoms with van der Waals surface area (Å²) in [5.41, 5.74) is -0.823. The Bertz CT molecular complexity index is 1140. The van der Waals surface area contributed by atoms with E-state index in [4.69, 9.17) is 16.7 Å². The van der Waals surface area contributed by atoms with Gasteiger partial charge in [0.15, 0.2) is 0 Å². The zero-order valence-corrected chi connectivity index (χ0v) is 36.1. The first kappa shape index (κ1) is 48.8. The quantitative estimate of drug-likeness (QED) is 0.0269. The van der Waals surface area contributed by atoms with Gasteiger partial charge in [0.05, 0.1) is 0 Å². The second kappa shape index (κ2) is 17.8. The fourth-order valence-electron chi connectivity index (χ4n) is 7.53. The Morgan fingerprint density at radius 2 is 0.760 bits per heavy atom. The van der Waals surface area contributed by atoms with E-state index in [0.29, 0.717) is 19.3 Å². The molecule has 0 heterocycles. The molecule has 8 nitrogen and oxygen atoms in total. The van der Waals surface area contributed by atoms with Gasteiger partial charge in [0, 0.05) is 0 Å². The van der Waals surface area contributed by atoms with E-state index in [1.54, 1.807) is 20.8 Å². The molecule has 0 unspecified atom stereocenters. The molecule has 0 spiro atoms. The molecule has 0 aromatic rings. The second-order valence-corrected chi connectivity index (χ2v) is 31.7. The maximum absolute atomic E-state index is 17.5. The maximum atomic E-state index is 17.5. The van der Waals surface area contributed by atoms with Crippen LogP contribution >= 0.6 is 0 Å². The molecule has 0 amide bonds. The first-order chi connectivity index (χ1) is 22.6. The molecule has 9 heteroatoms. The summed E-state index contributed by atoms with van der Waals surface area (Å²) >= 11 is -9.35. The van der Waals surface area contributed by atoms with Gasteiger partial charge in [-0.2, -0.15) is 0 Å². The van der Waals surface area contributed by atoms with Crippen LogP contribution in [0.15, 0.2) is 25.3 Å². The first-order valence-electron chi connectivity index (χ1n) is 19.3. The van der Waals surface area contributed by atoms with Crippen LogP contribution in [0.2, 0.25) is 4.73 Å². The summed E-state index contributed by atoms with van der Waals surface area (Å²) in [6, 6.07) is 0. The fourth-order valence-corrected chi connectivity index (χ4v) is 21.1. The summed E-state index contributed by atoms with van der Waals surface area (Å²) in [4.78, 5) is 57.5. The van der Waals surface area contributed by atoms with E-state index in [2.05, 4.69) is 75.5 Å². The van der Waals surface area contributed by atoms with Gasteiger partial charge in [-0.25, -0.2) is 0 Å². The van der Waals surface area contributed by atoms with E-state index in [9.17, 15) is 0 Å². The van der Waals surface area contributed by atoms with Crippen molar-refractivity contribution in [1.82, 2.24) is 0 Å². The minimum atomic E-state index is -9.35. The summed E-state index contributed by atoms with van der Waals surface area (Å²) in [7, 11) is 0. The van der Waals surface area contributed by atoms with Gasteiger partial charge in [-0.3, -0.25) is 0 Å². The van der Waals surface area contributed by atoms with Crippen molar-refractivity contribution in [2.45, 2.75) is 184 Å². The molecule has 0 aliphatic heterocycles. The molecule has 0 fully saturated rings. The van der Waals surface area contributed by atoms with E-state index >= 15 is 17.7 Å². The van der Waals surface area contributed by atoms with E-state index in [0.717, 1.165) is 38.5 Å². The Hall–Kier alpha value is -1.16. The van der Waals surface area contributed by atoms with Crippen LogP contribution in [0.25, 0.3) is 0 Å². The van der Waals surface area contributed by atoms with Crippen molar-refractivity contribution in [1.29, 1.82) is 0 Å². The third-order valence-corrected chi connectivity index (χ3v) is 23.9. The third-order valence-electron chi connectivity index (χ3n) is 9.95. The standard InChI is InChI=1S/3C10H19O.C5H11.2C3H6O2.O.Ti/c3*1-10(2,3)8-6-4-5-7-9-11;1-5(2,3)4;2*1-2-3-5-4;;/h3*4-8H2,1-3H3;1H2,2-4H3;2*2,4H,1,3H2;;/q;;;;;;;+2/p-2. The number of hydrogen-bond acceptors (Lipinski definition) is 8. The van der Waals surface area contributed by atoms with E-state index in [-0.39, 0.29) is 68.0 Å². The van der Waals surface area contributed by atoms with Crippen LogP contribution in [0.4, 0.5) is 0 Å². The summed E-state index contributed by atoms with van der Waals surface area (Å²) in [6.07, 6.45) is 9.42. The van der Waals surface area contributed by atoms with Crippen LogP contribution < -0.4 is 0 Å². The Morgan fingerprint density at radius 3 is 0.980 bits per heavy atom. The summed E-state index contributed by atoms with van der Waals surface area (Å²) in [5, 5.41) is 0. The molecular formula is C41H78O8Ti. The topological polar surface area (TPSA) is 105 Å². The summed E-state index contributed by atoms with van der Waals surface area (Å²) in [5.74, 6) is 0. The van der Waals surface area contributed by atoms with Crippen molar-refractivity contribution in [3.8, 4) is 0 Å². The average Bonchev–Trinajstić information content (AvgIpc) is 2.94. The normalized spacial score (nSPS) is 15.4. The van der Waals surface area contributed by atoms with Crippen LogP contribution in [-0.2, 0) is 47.9 Å². The molecule has 0 aromatic heterocycles. The molecule has 0 aliphatic rings. The summed E-state index contributed by atoms with van der Waals surface area (Å²) < 4.78 is 25.4. The van der Waals surface area contributed by atoms with Gasteiger partial charge >= 0.3 is 304 Å². The molecule has 0 rings (SSSR count). The number of unbranched alkanes of at least 4 members (excludes halogenated alkanes) is 6. The average molecular weight is 747 g/mol. The Labute approximate surface area is 303 Å². The van der Waals surface area contributed by atoms with Crippen molar-refractivity contribution >= 4 is 12.3 Å². The van der Waals surface area contributed by atoms with Gasteiger partial charge < -0.3 is 0 Å². The van der Waals surface area contributed by atoms with E-state index < -0.39 is 35.9 Å². The first-order valence-corrected chi connectivity index (χ1v) is 24.7. The zero-order valence-electron chi connectivity index (χ0n) is 34.6. The number of carbonyl (C=O) groups excluding carboxylic acids is 3. The predicted octanol–water partition coefficient (Wildman–Crippen LogP) is 12.2. The number of carbonyl (C=O) groups is 3. The van der Waals surface area contributed by atoms with Gasteiger partial charge in [-0.1, -0.05) is 0 Å². The van der Waals surface area contributed by atoms with Crippen LogP contribution in [0.3, 0.4) is 0 Å². The summed E-state index contributed by atoms with van der Waals surface area (Å²) in [6.45, 7) is 31.1. The van der Waals surface area contributed by atoms with E-state index in [1.165, 1.54) is 12.2 Å². The van der Waals surface area contributed by atoms with E-state index in [1.807, 2.05) is 0 Å². The van der Waals surface area contributed by atoms with Crippen LogP contribution in [0.1, 0.15) is 179 Å². The van der Waals surface area contributed by atoms with Crippen molar-refractivity contribution in [3.63, 3.8) is 0 Å².